The van der Waals surface area contributed by atoms with Crippen molar-refractivity contribution in [2.24, 2.45) is 5.92 Å². The van der Waals surface area contributed by atoms with Crippen LogP contribution in [0.3, 0.4) is 0 Å². The molecule has 0 radical (unpaired) electrons. The van der Waals surface area contributed by atoms with Crippen LogP contribution in [0.1, 0.15) is 39.5 Å². The number of aromatic nitrogens is 2. The summed E-state index contributed by atoms with van der Waals surface area (Å²) in [6.07, 6.45) is 2.64. The molecule has 2 aromatic rings. The molecule has 1 amide bonds. The van der Waals surface area contributed by atoms with E-state index in [0.717, 1.165) is 6.42 Å². The summed E-state index contributed by atoms with van der Waals surface area (Å²) in [5, 5.41) is 3.39. The lowest BCUT2D eigenvalue weighted by Gasteiger charge is -2.08. The number of rotatable bonds is 8. The third-order valence-electron chi connectivity index (χ3n) is 3.97. The van der Waals surface area contributed by atoms with Gasteiger partial charge < -0.3 is 10.3 Å². The van der Waals surface area contributed by atoms with E-state index in [1.54, 1.807) is 24.3 Å². The molecule has 6 heteroatoms. The van der Waals surface area contributed by atoms with Gasteiger partial charge in [0.25, 0.3) is 5.56 Å². The van der Waals surface area contributed by atoms with Crippen molar-refractivity contribution in [2.45, 2.75) is 46.1 Å². The second-order valence-corrected chi connectivity index (χ2v) is 6.42. The Morgan fingerprint density at radius 1 is 1.21 bits per heavy atom. The van der Waals surface area contributed by atoms with Gasteiger partial charge in [-0.2, -0.15) is 0 Å². The van der Waals surface area contributed by atoms with Crippen LogP contribution >= 0.6 is 0 Å². The first-order valence-corrected chi connectivity index (χ1v) is 8.47. The summed E-state index contributed by atoms with van der Waals surface area (Å²) < 4.78 is 1.21. The number of amides is 1. The summed E-state index contributed by atoms with van der Waals surface area (Å²) >= 11 is 0. The summed E-state index contributed by atoms with van der Waals surface area (Å²) in [7, 11) is 0. The number of fused-ring (bicyclic) bond motifs is 1. The summed E-state index contributed by atoms with van der Waals surface area (Å²) in [5.74, 6) is 0.590. The number of nitrogens with one attached hydrogen (secondary N) is 2. The molecule has 2 rings (SSSR count). The van der Waals surface area contributed by atoms with Crippen LogP contribution in [0.15, 0.2) is 33.9 Å². The fourth-order valence-electron chi connectivity index (χ4n) is 2.55. The number of benzene rings is 1. The first-order valence-electron chi connectivity index (χ1n) is 8.47. The Kier molecular flexibility index (Phi) is 6.35. The highest BCUT2D eigenvalue weighted by Gasteiger charge is 2.07. The topological polar surface area (TPSA) is 84.0 Å². The van der Waals surface area contributed by atoms with E-state index in [9.17, 15) is 14.4 Å². The highest BCUT2D eigenvalue weighted by molar-refractivity contribution is 5.77. The molecule has 2 N–H and O–H groups in total. The van der Waals surface area contributed by atoms with E-state index in [0.29, 0.717) is 49.2 Å². The highest BCUT2D eigenvalue weighted by Crippen LogP contribution is 2.04. The second kappa shape index (κ2) is 8.47. The van der Waals surface area contributed by atoms with E-state index < -0.39 is 5.69 Å². The molecular weight excluding hydrogens is 306 g/mol. The minimum atomic E-state index is -0.403. The van der Waals surface area contributed by atoms with Crippen molar-refractivity contribution in [3.8, 4) is 0 Å². The van der Waals surface area contributed by atoms with E-state index in [2.05, 4.69) is 24.1 Å². The number of para-hydroxylation sites is 1. The zero-order valence-corrected chi connectivity index (χ0v) is 14.3. The molecule has 0 atom stereocenters. The average molecular weight is 331 g/mol. The summed E-state index contributed by atoms with van der Waals surface area (Å²) in [6.45, 7) is 5.24. The van der Waals surface area contributed by atoms with E-state index in [4.69, 9.17) is 0 Å². The van der Waals surface area contributed by atoms with Gasteiger partial charge in [-0.3, -0.25) is 14.2 Å². The van der Waals surface area contributed by atoms with Crippen LogP contribution in [0.2, 0.25) is 0 Å². The van der Waals surface area contributed by atoms with Crippen LogP contribution in [0, 0.1) is 5.92 Å². The summed E-state index contributed by atoms with van der Waals surface area (Å²) in [6, 6.07) is 6.96. The third kappa shape index (κ3) is 4.81. The smallest absolute Gasteiger partial charge is 0.328 e. The van der Waals surface area contributed by atoms with Gasteiger partial charge >= 0.3 is 5.69 Å². The van der Waals surface area contributed by atoms with Crippen molar-refractivity contribution in [3.63, 3.8) is 0 Å². The Morgan fingerprint density at radius 3 is 2.71 bits per heavy atom. The predicted octanol–water partition coefficient (Wildman–Crippen LogP) is 2.02. The van der Waals surface area contributed by atoms with Gasteiger partial charge in [0.05, 0.1) is 10.9 Å². The monoisotopic (exact) mass is 331 g/mol. The Balaban J connectivity index is 1.87. The maximum absolute atomic E-state index is 12.3. The lowest BCUT2D eigenvalue weighted by Crippen LogP contribution is -2.35. The van der Waals surface area contributed by atoms with Crippen LogP contribution < -0.4 is 16.6 Å². The molecular formula is C18H25N3O3. The Bertz CT molecular complexity index is 805. The van der Waals surface area contributed by atoms with Crippen LogP contribution in [0.5, 0.6) is 0 Å². The van der Waals surface area contributed by atoms with Crippen LogP contribution in [-0.4, -0.2) is 22.0 Å². The molecule has 0 bridgehead atoms. The van der Waals surface area contributed by atoms with E-state index in [1.807, 2.05) is 0 Å². The third-order valence-corrected chi connectivity index (χ3v) is 3.97. The van der Waals surface area contributed by atoms with E-state index in [1.165, 1.54) is 4.57 Å². The van der Waals surface area contributed by atoms with E-state index >= 15 is 0 Å². The molecule has 0 unspecified atom stereocenters. The van der Waals surface area contributed by atoms with Crippen molar-refractivity contribution in [1.29, 1.82) is 0 Å². The maximum atomic E-state index is 12.3. The maximum Gasteiger partial charge on any atom is 0.328 e. The van der Waals surface area contributed by atoms with Crippen molar-refractivity contribution < 1.29 is 4.79 Å². The summed E-state index contributed by atoms with van der Waals surface area (Å²) in [5.41, 5.74) is -0.135. The predicted molar refractivity (Wildman–Crippen MR) is 95.1 cm³/mol. The average Bonchev–Trinajstić information content (AvgIpc) is 2.53. The number of nitrogens with zero attached hydrogens (tertiary/aromatic N) is 1. The zero-order valence-electron chi connectivity index (χ0n) is 14.3. The van der Waals surface area contributed by atoms with Gasteiger partial charge in [0.2, 0.25) is 5.91 Å². The number of aromatic amines is 1. The van der Waals surface area contributed by atoms with Gasteiger partial charge in [0, 0.05) is 19.5 Å². The first kappa shape index (κ1) is 18.0. The highest BCUT2D eigenvalue weighted by atomic mass is 16.2. The molecule has 0 aliphatic rings. The number of hydrogen-bond donors (Lipinski definition) is 2. The van der Waals surface area contributed by atoms with E-state index in [-0.39, 0.29) is 11.5 Å². The minimum absolute atomic E-state index is 0.0235. The number of unbranched alkanes of at least 4 members (excludes halogenated alkanes) is 1. The van der Waals surface area contributed by atoms with Crippen molar-refractivity contribution >= 4 is 16.8 Å². The molecule has 6 nitrogen and oxygen atoms in total. The Labute approximate surface area is 140 Å². The lowest BCUT2D eigenvalue weighted by atomic mass is 10.1. The second-order valence-electron chi connectivity index (χ2n) is 6.42. The number of carbonyl (C=O) groups is 1. The van der Waals surface area contributed by atoms with Crippen LogP contribution in [-0.2, 0) is 11.3 Å². The molecule has 1 heterocycles. The van der Waals surface area contributed by atoms with Gasteiger partial charge in [-0.25, -0.2) is 4.79 Å². The lowest BCUT2D eigenvalue weighted by molar-refractivity contribution is -0.121. The fraction of sp³-hybridized carbons (Fsp3) is 0.500. The molecule has 0 aliphatic heterocycles. The molecule has 0 aliphatic carbocycles. The van der Waals surface area contributed by atoms with Gasteiger partial charge in [-0.1, -0.05) is 26.0 Å². The van der Waals surface area contributed by atoms with Crippen molar-refractivity contribution in [2.75, 3.05) is 6.54 Å². The fourth-order valence-corrected chi connectivity index (χ4v) is 2.55. The molecule has 0 saturated heterocycles. The largest absolute Gasteiger partial charge is 0.356 e. The molecule has 24 heavy (non-hydrogen) atoms. The van der Waals surface area contributed by atoms with Crippen molar-refractivity contribution in [1.82, 2.24) is 14.9 Å². The summed E-state index contributed by atoms with van der Waals surface area (Å²) in [4.78, 5) is 38.8. The standard InChI is InChI=1S/C18H25N3O3/c1-13(2)10-11-19-16(22)9-5-6-12-21-17(23)14-7-3-4-8-15(14)20-18(21)24/h3-4,7-8,13H,5-6,9-12H2,1-2H3,(H,19,22)(H,20,24). The minimum Gasteiger partial charge on any atom is -0.356 e. The Hall–Kier alpha value is -2.37. The quantitative estimate of drug-likeness (QED) is 0.726. The first-order chi connectivity index (χ1) is 11.5. The molecule has 1 aromatic heterocycles. The molecule has 0 spiro atoms. The van der Waals surface area contributed by atoms with Crippen LogP contribution in [0.4, 0.5) is 0 Å². The number of carbonyl (C=O) groups excluding carboxylic acids is 1. The molecule has 1 aromatic carbocycles. The van der Waals surface area contributed by atoms with Crippen molar-refractivity contribution in [3.05, 3.63) is 45.1 Å². The van der Waals surface area contributed by atoms with Crippen LogP contribution in [0.25, 0.3) is 10.9 Å². The van der Waals surface area contributed by atoms with Gasteiger partial charge in [0.15, 0.2) is 0 Å². The number of H-pyrrole nitrogens is 1. The molecule has 0 saturated carbocycles. The molecule has 0 fully saturated rings. The zero-order chi connectivity index (χ0) is 17.5. The van der Waals surface area contributed by atoms with Gasteiger partial charge in [-0.15, -0.1) is 0 Å². The van der Waals surface area contributed by atoms with Gasteiger partial charge in [0.1, 0.15) is 0 Å². The number of hydrogen-bond acceptors (Lipinski definition) is 3. The Morgan fingerprint density at radius 2 is 1.96 bits per heavy atom. The normalized spacial score (nSPS) is 11.1. The van der Waals surface area contributed by atoms with Gasteiger partial charge in [-0.05, 0) is 37.3 Å². The SMILES string of the molecule is CC(C)CCNC(=O)CCCCn1c(=O)[nH]c2ccccc2c1=O. The molecule has 130 valence electrons.